The molecule has 3 aliphatic heterocycles. The van der Waals surface area contributed by atoms with E-state index in [9.17, 15) is 27.6 Å². The van der Waals surface area contributed by atoms with Crippen LogP contribution in [0.25, 0.3) is 17.0 Å². The van der Waals surface area contributed by atoms with Crippen LogP contribution in [0.1, 0.15) is 102 Å². The van der Waals surface area contributed by atoms with Crippen molar-refractivity contribution in [3.8, 4) is 5.75 Å². The van der Waals surface area contributed by atoms with Crippen LogP contribution in [0, 0.1) is 11.8 Å². The molecule has 3 aliphatic carbocycles. The average molecular weight is 774 g/mol. The van der Waals surface area contributed by atoms with Gasteiger partial charge in [-0.2, -0.15) is 0 Å². The normalized spacial score (nSPS) is 33.1. The van der Waals surface area contributed by atoms with Crippen molar-refractivity contribution in [2.75, 3.05) is 6.54 Å². The van der Waals surface area contributed by atoms with E-state index in [2.05, 4.69) is 21.4 Å². The number of rotatable bonds is 3. The lowest BCUT2D eigenvalue weighted by atomic mass is 9.98. The molecule has 4 amide bonds. The van der Waals surface area contributed by atoms with Gasteiger partial charge in [0, 0.05) is 17.7 Å². The SMILES string of the molecule is O=C1NC2CCCCC/C=C\C3CC3(C(=O)NS(=O)(=O)C3CC3)NC(=O)C3CC(CN3C2=O)Oc2cc3ccccc3nc2/C=C\CCCC2CCCC2O1. The lowest BCUT2D eigenvalue weighted by molar-refractivity contribution is -0.141. The Morgan fingerprint density at radius 2 is 1.75 bits per heavy atom. The number of aromatic nitrogens is 1. The quantitative estimate of drug-likeness (QED) is 0.361. The highest BCUT2D eigenvalue weighted by Gasteiger charge is 2.62. The van der Waals surface area contributed by atoms with E-state index in [1.807, 2.05) is 48.6 Å². The molecule has 14 heteroatoms. The third kappa shape index (κ3) is 8.24. The van der Waals surface area contributed by atoms with Crippen LogP contribution < -0.4 is 20.1 Å². The van der Waals surface area contributed by atoms with Crippen molar-refractivity contribution in [1.82, 2.24) is 25.2 Å². The van der Waals surface area contributed by atoms with E-state index >= 15 is 0 Å². The summed E-state index contributed by atoms with van der Waals surface area (Å²) < 4.78 is 40.6. The molecule has 8 rings (SSSR count). The molecule has 294 valence electrons. The number of alkyl carbamates (subject to hydrolysis) is 1. The summed E-state index contributed by atoms with van der Waals surface area (Å²) in [7, 11) is -3.88. The summed E-state index contributed by atoms with van der Waals surface area (Å²) in [5.74, 6) is -1.42. The number of carbonyl (C=O) groups excluding carboxylic acids is 4. The average Bonchev–Trinajstić information content (AvgIpc) is 4.05. The largest absolute Gasteiger partial charge is 0.486 e. The van der Waals surface area contributed by atoms with Gasteiger partial charge in [0.05, 0.1) is 17.3 Å². The molecule has 4 heterocycles. The molecular formula is C41H51N5O8S. The zero-order chi connectivity index (χ0) is 38.2. The van der Waals surface area contributed by atoms with Crippen molar-refractivity contribution in [2.45, 2.75) is 131 Å². The van der Waals surface area contributed by atoms with Crippen LogP contribution in [0.4, 0.5) is 4.79 Å². The molecule has 13 nitrogen and oxygen atoms in total. The van der Waals surface area contributed by atoms with Crippen LogP contribution in [0.15, 0.2) is 48.6 Å². The zero-order valence-corrected chi connectivity index (χ0v) is 31.9. The van der Waals surface area contributed by atoms with Gasteiger partial charge in [0.2, 0.25) is 21.8 Å². The number of allylic oxidation sites excluding steroid dienone is 2. The van der Waals surface area contributed by atoms with Crippen LogP contribution in [0.3, 0.4) is 0 Å². The number of hydrogen-bond acceptors (Lipinski definition) is 9. The Hall–Kier alpha value is -4.46. The van der Waals surface area contributed by atoms with E-state index in [-0.39, 0.29) is 31.4 Å². The van der Waals surface area contributed by atoms with Crippen LogP contribution in [0.2, 0.25) is 0 Å². The number of amides is 4. The first kappa shape index (κ1) is 37.5. The van der Waals surface area contributed by atoms with E-state index in [1.165, 1.54) is 4.90 Å². The monoisotopic (exact) mass is 773 g/mol. The van der Waals surface area contributed by atoms with Crippen molar-refractivity contribution in [1.29, 1.82) is 0 Å². The molecule has 6 aliphatic rings. The minimum absolute atomic E-state index is 0.0451. The van der Waals surface area contributed by atoms with Gasteiger partial charge >= 0.3 is 6.09 Å². The number of carbonyl (C=O) groups is 4. The van der Waals surface area contributed by atoms with E-state index in [0.717, 1.165) is 62.3 Å². The van der Waals surface area contributed by atoms with Gasteiger partial charge in [-0.1, -0.05) is 49.3 Å². The summed E-state index contributed by atoms with van der Waals surface area (Å²) in [4.78, 5) is 62.8. The van der Waals surface area contributed by atoms with Crippen molar-refractivity contribution < 1.29 is 37.1 Å². The fourth-order valence-electron chi connectivity index (χ4n) is 8.85. The number of fused-ring (bicyclic) bond motifs is 6. The molecule has 3 N–H and O–H groups in total. The number of nitrogens with one attached hydrogen (secondary N) is 3. The predicted octanol–water partition coefficient (Wildman–Crippen LogP) is 5.05. The Kier molecular flexibility index (Phi) is 10.6. The minimum Gasteiger partial charge on any atom is -0.486 e. The number of sulfonamides is 1. The maximum atomic E-state index is 14.7. The maximum absolute atomic E-state index is 14.7. The highest BCUT2D eigenvalue weighted by Crippen LogP contribution is 2.46. The molecule has 1 aromatic heterocycles. The molecule has 4 fully saturated rings. The molecular weight excluding hydrogens is 723 g/mol. The van der Waals surface area contributed by atoms with Crippen LogP contribution in [0.5, 0.6) is 5.75 Å². The lowest BCUT2D eigenvalue weighted by Gasteiger charge is -2.30. The highest BCUT2D eigenvalue weighted by atomic mass is 32.2. The number of para-hydroxylation sites is 1. The zero-order valence-electron chi connectivity index (χ0n) is 31.1. The smallest absolute Gasteiger partial charge is 0.408 e. The van der Waals surface area contributed by atoms with Gasteiger partial charge in [-0.3, -0.25) is 19.1 Å². The van der Waals surface area contributed by atoms with E-state index < -0.39 is 68.7 Å². The first-order valence-electron chi connectivity index (χ1n) is 20.1. The van der Waals surface area contributed by atoms with Gasteiger partial charge in [0.25, 0.3) is 5.91 Å². The summed E-state index contributed by atoms with van der Waals surface area (Å²) in [5, 5.41) is 6.09. The third-order valence-electron chi connectivity index (χ3n) is 12.2. The van der Waals surface area contributed by atoms with Gasteiger partial charge in [-0.15, -0.1) is 0 Å². The second kappa shape index (κ2) is 15.6. The molecule has 1 aromatic carbocycles. The molecule has 3 saturated carbocycles. The van der Waals surface area contributed by atoms with Gasteiger partial charge in [0.1, 0.15) is 41.3 Å². The molecule has 55 heavy (non-hydrogen) atoms. The fraction of sp³-hybridized carbons (Fsp3) is 0.585. The van der Waals surface area contributed by atoms with Crippen LogP contribution >= 0.6 is 0 Å². The number of benzene rings is 1. The maximum Gasteiger partial charge on any atom is 0.408 e. The topological polar surface area (TPSA) is 173 Å². The Morgan fingerprint density at radius 1 is 0.927 bits per heavy atom. The molecule has 7 unspecified atom stereocenters. The van der Waals surface area contributed by atoms with Gasteiger partial charge in [-0.25, -0.2) is 18.2 Å². The first-order valence-corrected chi connectivity index (χ1v) is 21.7. The molecule has 7 atom stereocenters. The molecule has 3 bridgehead atoms. The minimum atomic E-state index is -3.88. The fourth-order valence-corrected chi connectivity index (χ4v) is 10.2. The summed E-state index contributed by atoms with van der Waals surface area (Å²) in [6, 6.07) is 7.69. The van der Waals surface area contributed by atoms with Crippen LogP contribution in [-0.4, -0.2) is 83.7 Å². The predicted molar refractivity (Wildman–Crippen MR) is 205 cm³/mol. The molecule has 0 spiro atoms. The summed E-state index contributed by atoms with van der Waals surface area (Å²) >= 11 is 0. The highest BCUT2D eigenvalue weighted by molar-refractivity contribution is 7.91. The Morgan fingerprint density at radius 3 is 2.60 bits per heavy atom. The number of ether oxygens (including phenoxy) is 2. The standard InChI is InChI=1S/C41H51N5O8S/c47-37-34-23-29-25-46(34)38(48)33(18-7-3-1-2-6-15-28-24-41(28,44-37)39(49)45-55(51,52)30-20-21-30)43-40(50)54-35-19-11-14-26(35)12-5-4-8-17-32-36(53-29)22-27-13-9-10-16-31(27)42-32/h6,8-10,13,15-17,22,26,28-30,33-35H,1-5,7,11-12,14,18-21,23-25H2,(H,43,50)(H,44,47)(H,45,49)/b15-6-,17-8-. The lowest BCUT2D eigenvalue weighted by Crippen LogP contribution is -2.58. The molecule has 2 aromatic rings. The second-order valence-corrected chi connectivity index (χ2v) is 18.2. The van der Waals surface area contributed by atoms with E-state index in [0.29, 0.717) is 43.5 Å². The summed E-state index contributed by atoms with van der Waals surface area (Å²) in [6.45, 7) is 0.0451. The van der Waals surface area contributed by atoms with Crippen molar-refractivity contribution in [3.63, 3.8) is 0 Å². The van der Waals surface area contributed by atoms with Crippen LogP contribution in [-0.2, 0) is 29.1 Å². The second-order valence-electron chi connectivity index (χ2n) is 16.2. The Labute approximate surface area is 322 Å². The Balaban J connectivity index is 1.14. The van der Waals surface area contributed by atoms with Crippen molar-refractivity contribution >= 4 is 50.8 Å². The van der Waals surface area contributed by atoms with Gasteiger partial charge in [-0.05, 0) is 101 Å². The Bertz CT molecular complexity index is 2000. The van der Waals surface area contributed by atoms with Gasteiger partial charge in [0.15, 0.2) is 0 Å². The summed E-state index contributed by atoms with van der Waals surface area (Å²) in [6.07, 6.45) is 16.4. The number of nitrogens with zero attached hydrogens (tertiary/aromatic N) is 2. The van der Waals surface area contributed by atoms with Crippen molar-refractivity contribution in [3.05, 3.63) is 54.3 Å². The van der Waals surface area contributed by atoms with Gasteiger partial charge < -0.3 is 25.0 Å². The number of hydrogen-bond donors (Lipinski definition) is 3. The molecule has 1 saturated heterocycles. The van der Waals surface area contributed by atoms with E-state index in [1.54, 1.807) is 0 Å². The van der Waals surface area contributed by atoms with E-state index in [4.69, 9.17) is 14.5 Å². The number of pyridine rings is 1. The summed E-state index contributed by atoms with van der Waals surface area (Å²) in [5.41, 5.74) is -0.0164. The third-order valence-corrected chi connectivity index (χ3v) is 14.0. The molecule has 0 radical (unpaired) electrons. The van der Waals surface area contributed by atoms with Crippen molar-refractivity contribution in [2.24, 2.45) is 11.8 Å². The first-order chi connectivity index (χ1) is 26.6.